The van der Waals surface area contributed by atoms with Gasteiger partial charge in [0.1, 0.15) is 5.82 Å². The van der Waals surface area contributed by atoms with Gasteiger partial charge in [0.15, 0.2) is 11.5 Å². The number of fused-ring (bicyclic) bond motifs is 1. The van der Waals surface area contributed by atoms with E-state index in [4.69, 9.17) is 0 Å². The minimum atomic E-state index is -0.467. The standard InChI is InChI=1S/C12H9F2N5/c1-15-9-3-10(16-5-8(9)14)11-7-2-6(13)4-17-12(7)19-18-11/h2-5H,1H3,(H,15,16)(H,17,18,19). The summed E-state index contributed by atoms with van der Waals surface area (Å²) >= 11 is 0. The summed E-state index contributed by atoms with van der Waals surface area (Å²) in [5, 5.41) is 9.91. The van der Waals surface area contributed by atoms with E-state index in [9.17, 15) is 8.78 Å². The lowest BCUT2D eigenvalue weighted by atomic mass is 10.2. The van der Waals surface area contributed by atoms with Crippen molar-refractivity contribution < 1.29 is 8.78 Å². The second-order valence-electron chi connectivity index (χ2n) is 3.92. The van der Waals surface area contributed by atoms with Crippen LogP contribution in [0.2, 0.25) is 0 Å². The molecule has 0 aliphatic heterocycles. The van der Waals surface area contributed by atoms with E-state index >= 15 is 0 Å². The number of nitrogens with zero attached hydrogens (tertiary/aromatic N) is 3. The van der Waals surface area contributed by atoms with Gasteiger partial charge in [-0.3, -0.25) is 10.1 Å². The first-order valence-electron chi connectivity index (χ1n) is 5.52. The van der Waals surface area contributed by atoms with Crippen LogP contribution in [0, 0.1) is 11.6 Å². The maximum absolute atomic E-state index is 13.4. The summed E-state index contributed by atoms with van der Waals surface area (Å²) in [4.78, 5) is 7.82. The third-order valence-electron chi connectivity index (χ3n) is 2.76. The van der Waals surface area contributed by atoms with Gasteiger partial charge in [-0.2, -0.15) is 5.10 Å². The molecule has 0 saturated carbocycles. The Morgan fingerprint density at radius 1 is 1.16 bits per heavy atom. The van der Waals surface area contributed by atoms with Crippen molar-refractivity contribution in [3.63, 3.8) is 0 Å². The van der Waals surface area contributed by atoms with Gasteiger partial charge in [-0.15, -0.1) is 0 Å². The highest BCUT2D eigenvalue weighted by Gasteiger charge is 2.12. The van der Waals surface area contributed by atoms with Gasteiger partial charge in [-0.05, 0) is 12.1 Å². The molecular formula is C12H9F2N5. The average Bonchev–Trinajstić information content (AvgIpc) is 2.82. The molecule has 0 aliphatic rings. The van der Waals surface area contributed by atoms with E-state index in [1.54, 1.807) is 7.05 Å². The van der Waals surface area contributed by atoms with Gasteiger partial charge in [0.05, 0.1) is 34.9 Å². The lowest BCUT2D eigenvalue weighted by molar-refractivity contribution is 0.624. The van der Waals surface area contributed by atoms with Crippen molar-refractivity contribution >= 4 is 16.7 Å². The van der Waals surface area contributed by atoms with Gasteiger partial charge in [-0.25, -0.2) is 13.8 Å². The summed E-state index contributed by atoms with van der Waals surface area (Å²) in [6.45, 7) is 0. The first-order valence-corrected chi connectivity index (χ1v) is 5.52. The summed E-state index contributed by atoms with van der Waals surface area (Å²) in [5.41, 5.74) is 1.64. The van der Waals surface area contributed by atoms with Crippen LogP contribution >= 0.6 is 0 Å². The summed E-state index contributed by atoms with van der Waals surface area (Å²) in [5.74, 6) is -0.925. The van der Waals surface area contributed by atoms with E-state index in [1.807, 2.05) is 0 Å². The maximum Gasteiger partial charge on any atom is 0.181 e. The fraction of sp³-hybridized carbons (Fsp3) is 0.0833. The van der Waals surface area contributed by atoms with E-state index in [-0.39, 0.29) is 0 Å². The van der Waals surface area contributed by atoms with Crippen LogP contribution in [0.4, 0.5) is 14.5 Å². The number of rotatable bonds is 2. The van der Waals surface area contributed by atoms with Gasteiger partial charge >= 0.3 is 0 Å². The monoisotopic (exact) mass is 261 g/mol. The largest absolute Gasteiger partial charge is 0.386 e. The Morgan fingerprint density at radius 2 is 2.00 bits per heavy atom. The van der Waals surface area contributed by atoms with Crippen LogP contribution in [0.25, 0.3) is 22.4 Å². The van der Waals surface area contributed by atoms with Crippen LogP contribution in [0.5, 0.6) is 0 Å². The second-order valence-corrected chi connectivity index (χ2v) is 3.92. The van der Waals surface area contributed by atoms with Crippen LogP contribution in [-0.4, -0.2) is 27.2 Å². The number of nitrogens with one attached hydrogen (secondary N) is 2. The number of pyridine rings is 2. The summed E-state index contributed by atoms with van der Waals surface area (Å²) < 4.78 is 26.6. The van der Waals surface area contributed by atoms with Crippen LogP contribution in [-0.2, 0) is 0 Å². The fourth-order valence-electron chi connectivity index (χ4n) is 1.84. The molecule has 7 heteroatoms. The molecule has 0 radical (unpaired) electrons. The van der Waals surface area contributed by atoms with Crippen molar-refractivity contribution in [1.82, 2.24) is 20.2 Å². The third kappa shape index (κ3) is 1.88. The number of hydrogen-bond acceptors (Lipinski definition) is 4. The fourth-order valence-corrected chi connectivity index (χ4v) is 1.84. The Kier molecular flexibility index (Phi) is 2.59. The SMILES string of the molecule is CNc1cc(-c2[nH]nc3ncc(F)cc23)ncc1F. The molecule has 3 heterocycles. The van der Waals surface area contributed by atoms with E-state index in [0.29, 0.717) is 28.1 Å². The molecule has 0 spiro atoms. The average molecular weight is 261 g/mol. The summed E-state index contributed by atoms with van der Waals surface area (Å²) in [7, 11) is 1.61. The van der Waals surface area contributed by atoms with Gasteiger partial charge in [0.25, 0.3) is 0 Å². The second kappa shape index (κ2) is 4.27. The lowest BCUT2D eigenvalue weighted by Crippen LogP contribution is -1.95. The minimum Gasteiger partial charge on any atom is -0.386 e. The molecule has 0 unspecified atom stereocenters. The topological polar surface area (TPSA) is 66.5 Å². The molecule has 3 aromatic heterocycles. The van der Waals surface area contributed by atoms with Gasteiger partial charge in [0.2, 0.25) is 0 Å². The Balaban J connectivity index is 2.21. The molecule has 0 atom stereocenters. The summed E-state index contributed by atoms with van der Waals surface area (Å²) in [6, 6.07) is 2.83. The number of H-pyrrole nitrogens is 1. The molecule has 3 aromatic rings. The molecule has 0 bridgehead atoms. The number of aromatic nitrogens is 4. The molecule has 96 valence electrons. The van der Waals surface area contributed by atoms with Crippen molar-refractivity contribution in [2.75, 3.05) is 12.4 Å². The molecule has 0 saturated heterocycles. The number of halogens is 2. The smallest absolute Gasteiger partial charge is 0.181 e. The maximum atomic E-state index is 13.4. The van der Waals surface area contributed by atoms with Crippen molar-refractivity contribution in [1.29, 1.82) is 0 Å². The highest BCUT2D eigenvalue weighted by atomic mass is 19.1. The van der Waals surface area contributed by atoms with Gasteiger partial charge in [0, 0.05) is 7.05 Å². The first-order chi connectivity index (χ1) is 9.19. The van der Waals surface area contributed by atoms with Crippen LogP contribution < -0.4 is 5.32 Å². The Bertz CT molecular complexity index is 753. The predicted molar refractivity (Wildman–Crippen MR) is 66.6 cm³/mol. The zero-order chi connectivity index (χ0) is 13.4. The van der Waals surface area contributed by atoms with E-state index < -0.39 is 11.6 Å². The van der Waals surface area contributed by atoms with E-state index in [1.165, 1.54) is 12.1 Å². The Labute approximate surface area is 106 Å². The highest BCUT2D eigenvalue weighted by molar-refractivity contribution is 5.90. The normalized spacial score (nSPS) is 10.9. The zero-order valence-corrected chi connectivity index (χ0v) is 9.91. The first kappa shape index (κ1) is 11.5. The van der Waals surface area contributed by atoms with Crippen LogP contribution in [0.3, 0.4) is 0 Å². The molecule has 0 amide bonds. The van der Waals surface area contributed by atoms with Crippen molar-refractivity contribution in [2.45, 2.75) is 0 Å². The number of hydrogen-bond donors (Lipinski definition) is 2. The predicted octanol–water partition coefficient (Wildman–Crippen LogP) is 2.34. The van der Waals surface area contributed by atoms with Crippen LogP contribution in [0.1, 0.15) is 0 Å². The molecular weight excluding hydrogens is 252 g/mol. The van der Waals surface area contributed by atoms with Crippen molar-refractivity contribution in [3.8, 4) is 11.4 Å². The van der Waals surface area contributed by atoms with Crippen LogP contribution in [0.15, 0.2) is 24.5 Å². The number of anilines is 1. The van der Waals surface area contributed by atoms with Gasteiger partial charge in [-0.1, -0.05) is 0 Å². The quantitative estimate of drug-likeness (QED) is 0.743. The zero-order valence-electron chi connectivity index (χ0n) is 9.91. The third-order valence-corrected chi connectivity index (χ3v) is 2.76. The van der Waals surface area contributed by atoms with E-state index in [0.717, 1.165) is 12.4 Å². The Hall–Kier alpha value is -2.57. The Morgan fingerprint density at radius 3 is 2.79 bits per heavy atom. The molecule has 19 heavy (non-hydrogen) atoms. The highest BCUT2D eigenvalue weighted by Crippen LogP contribution is 2.26. The minimum absolute atomic E-state index is 0.303. The molecule has 5 nitrogen and oxygen atoms in total. The molecule has 3 rings (SSSR count). The molecule has 2 N–H and O–H groups in total. The molecule has 0 aromatic carbocycles. The molecule has 0 fully saturated rings. The lowest BCUT2D eigenvalue weighted by Gasteiger charge is -2.04. The van der Waals surface area contributed by atoms with Gasteiger partial charge < -0.3 is 5.32 Å². The van der Waals surface area contributed by atoms with Crippen molar-refractivity contribution in [2.24, 2.45) is 0 Å². The number of aromatic amines is 1. The molecule has 0 aliphatic carbocycles. The van der Waals surface area contributed by atoms with E-state index in [2.05, 4.69) is 25.5 Å². The summed E-state index contributed by atoms with van der Waals surface area (Å²) in [6.07, 6.45) is 2.19. The van der Waals surface area contributed by atoms with Crippen molar-refractivity contribution in [3.05, 3.63) is 36.2 Å².